The molecule has 3 rings (SSSR count). The number of carbonyl (C=O) groups is 1. The molecule has 0 aliphatic carbocycles. The average Bonchev–Trinajstić information content (AvgIpc) is 3.25. The number of nitrogens with one attached hydrogen (secondary N) is 1. The topological polar surface area (TPSA) is 103 Å². The van der Waals surface area contributed by atoms with E-state index in [1.165, 1.54) is 42.0 Å². The van der Waals surface area contributed by atoms with E-state index in [-0.39, 0.29) is 15.5 Å². The molecule has 8 nitrogen and oxygen atoms in total. The second-order valence-corrected chi connectivity index (χ2v) is 7.72. The van der Waals surface area contributed by atoms with Gasteiger partial charge in [-0.3, -0.25) is 4.72 Å². The Labute approximate surface area is 152 Å². The van der Waals surface area contributed by atoms with Gasteiger partial charge in [0.15, 0.2) is 0 Å². The van der Waals surface area contributed by atoms with Gasteiger partial charge in [-0.25, -0.2) is 22.9 Å². The van der Waals surface area contributed by atoms with Gasteiger partial charge in [-0.2, -0.15) is 5.10 Å². The quantitative estimate of drug-likeness (QED) is 0.662. The summed E-state index contributed by atoms with van der Waals surface area (Å²) in [5.41, 5.74) is 0.625. The summed E-state index contributed by atoms with van der Waals surface area (Å²) in [6, 6.07) is 5.98. The fourth-order valence-electron chi connectivity index (χ4n) is 2.07. The summed E-state index contributed by atoms with van der Waals surface area (Å²) in [7, 11) is -2.86. The number of thiophene rings is 1. The van der Waals surface area contributed by atoms with Gasteiger partial charge in [-0.15, -0.1) is 11.3 Å². The largest absolute Gasteiger partial charge is 0.465 e. The van der Waals surface area contributed by atoms with Gasteiger partial charge in [0, 0.05) is 5.02 Å². The van der Waals surface area contributed by atoms with Crippen molar-refractivity contribution in [3.63, 3.8) is 0 Å². The lowest BCUT2D eigenvalue weighted by Gasteiger charge is -2.13. The van der Waals surface area contributed by atoms with E-state index in [0.717, 1.165) is 11.3 Å². The summed E-state index contributed by atoms with van der Waals surface area (Å²) in [5.74, 6) is -0.724. The highest BCUT2D eigenvalue weighted by molar-refractivity contribution is 7.93. The Morgan fingerprint density at radius 3 is 2.84 bits per heavy atom. The molecule has 2 heterocycles. The minimum absolute atomic E-state index is 0.0145. The van der Waals surface area contributed by atoms with Crippen LogP contribution in [0, 0.1) is 0 Å². The lowest BCUT2D eigenvalue weighted by Crippen LogP contribution is -2.17. The summed E-state index contributed by atoms with van der Waals surface area (Å²) in [6.07, 6.45) is 2.74. The molecule has 0 bridgehead atoms. The van der Waals surface area contributed by atoms with Crippen molar-refractivity contribution in [1.82, 2.24) is 14.8 Å². The Bertz CT molecular complexity index is 1020. The van der Waals surface area contributed by atoms with Gasteiger partial charge in [0.1, 0.15) is 22.4 Å². The van der Waals surface area contributed by atoms with Crippen molar-refractivity contribution in [1.29, 1.82) is 0 Å². The van der Waals surface area contributed by atoms with Crippen LogP contribution in [0.2, 0.25) is 5.02 Å². The van der Waals surface area contributed by atoms with Crippen molar-refractivity contribution in [3.05, 3.63) is 52.2 Å². The number of nitrogens with zero attached hydrogens (tertiary/aromatic N) is 3. The van der Waals surface area contributed by atoms with Crippen molar-refractivity contribution in [2.24, 2.45) is 0 Å². The van der Waals surface area contributed by atoms with E-state index in [1.807, 2.05) is 0 Å². The lowest BCUT2D eigenvalue weighted by atomic mass is 10.3. The lowest BCUT2D eigenvalue weighted by molar-refractivity contribution is 0.0602. The first kappa shape index (κ1) is 17.4. The van der Waals surface area contributed by atoms with Crippen LogP contribution in [-0.4, -0.2) is 36.3 Å². The first-order chi connectivity index (χ1) is 11.9. The van der Waals surface area contributed by atoms with Gasteiger partial charge in [0.2, 0.25) is 0 Å². The highest BCUT2D eigenvalue weighted by Crippen LogP contribution is 2.29. The van der Waals surface area contributed by atoms with Crippen LogP contribution in [0.4, 0.5) is 5.69 Å². The fourth-order valence-corrected chi connectivity index (χ4v) is 4.65. The highest BCUT2D eigenvalue weighted by atomic mass is 35.5. The molecule has 0 amide bonds. The monoisotopic (exact) mass is 398 g/mol. The Balaban J connectivity index is 2.04. The Hall–Kier alpha value is -2.43. The van der Waals surface area contributed by atoms with Crippen molar-refractivity contribution in [2.45, 2.75) is 4.90 Å². The third kappa shape index (κ3) is 3.50. The molecule has 1 N–H and O–H groups in total. The summed E-state index contributed by atoms with van der Waals surface area (Å²) in [4.78, 5) is 15.4. The molecule has 11 heteroatoms. The maximum atomic E-state index is 12.7. The summed E-state index contributed by atoms with van der Waals surface area (Å²) in [6.45, 7) is 0. The molecule has 0 spiro atoms. The van der Waals surface area contributed by atoms with Crippen LogP contribution in [0.3, 0.4) is 0 Å². The number of aromatic nitrogens is 3. The SMILES string of the molecule is COC(=O)c1sccc1S(=O)(=O)Nc1cc(Cl)ccc1-n1cncn1. The maximum absolute atomic E-state index is 12.7. The standard InChI is InChI=1S/C14H11ClN4O4S2/c1-23-14(20)13-12(4-5-24-13)25(21,22)18-10-6-9(15)2-3-11(10)19-8-16-7-17-19/h2-8,18H,1H3. The Morgan fingerprint density at radius 2 is 2.16 bits per heavy atom. The number of benzene rings is 1. The molecule has 0 saturated heterocycles. The Morgan fingerprint density at radius 1 is 1.36 bits per heavy atom. The zero-order valence-electron chi connectivity index (χ0n) is 12.7. The molecule has 0 aliphatic rings. The van der Waals surface area contributed by atoms with E-state index >= 15 is 0 Å². The number of methoxy groups -OCH3 is 1. The van der Waals surface area contributed by atoms with E-state index in [2.05, 4.69) is 19.5 Å². The van der Waals surface area contributed by atoms with Crippen molar-refractivity contribution >= 4 is 44.6 Å². The normalized spacial score (nSPS) is 11.3. The van der Waals surface area contributed by atoms with Crippen LogP contribution in [0.5, 0.6) is 0 Å². The molecule has 1 aromatic carbocycles. The van der Waals surface area contributed by atoms with Crippen LogP contribution >= 0.6 is 22.9 Å². The van der Waals surface area contributed by atoms with Gasteiger partial charge < -0.3 is 4.74 Å². The number of ether oxygens (including phenoxy) is 1. The summed E-state index contributed by atoms with van der Waals surface area (Å²) < 4.78 is 33.9. The van der Waals surface area contributed by atoms with Gasteiger partial charge in [0.05, 0.1) is 18.5 Å². The molecule has 3 aromatic rings. The van der Waals surface area contributed by atoms with Crippen molar-refractivity contribution < 1.29 is 17.9 Å². The van der Waals surface area contributed by atoms with Crippen molar-refractivity contribution in [3.8, 4) is 5.69 Å². The molecule has 0 saturated carbocycles. The van der Waals surface area contributed by atoms with E-state index < -0.39 is 16.0 Å². The summed E-state index contributed by atoms with van der Waals surface area (Å²) >= 11 is 6.96. The first-order valence-corrected chi connectivity index (χ1v) is 9.49. The average molecular weight is 399 g/mol. The van der Waals surface area contributed by atoms with E-state index in [9.17, 15) is 13.2 Å². The minimum atomic E-state index is -4.05. The van der Waals surface area contributed by atoms with E-state index in [0.29, 0.717) is 10.7 Å². The fraction of sp³-hybridized carbons (Fsp3) is 0.0714. The first-order valence-electron chi connectivity index (χ1n) is 6.75. The molecule has 0 fully saturated rings. The van der Waals surface area contributed by atoms with Gasteiger partial charge in [0.25, 0.3) is 10.0 Å². The number of hydrogen-bond acceptors (Lipinski definition) is 7. The van der Waals surface area contributed by atoms with E-state index in [1.54, 1.807) is 12.1 Å². The molecule has 0 radical (unpaired) electrons. The smallest absolute Gasteiger partial charge is 0.349 e. The second kappa shape index (κ2) is 6.82. The predicted octanol–water partition coefficient (Wildman–Crippen LogP) is 2.57. The molecule has 0 unspecified atom stereocenters. The molecule has 25 heavy (non-hydrogen) atoms. The van der Waals surface area contributed by atoms with Gasteiger partial charge >= 0.3 is 5.97 Å². The zero-order chi connectivity index (χ0) is 18.0. The number of carbonyl (C=O) groups excluding carboxylic acids is 1. The van der Waals surface area contributed by atoms with Crippen LogP contribution in [0.25, 0.3) is 5.69 Å². The molecule has 0 aliphatic heterocycles. The number of sulfonamides is 1. The Kier molecular flexibility index (Phi) is 4.75. The van der Waals surface area contributed by atoms with E-state index in [4.69, 9.17) is 11.6 Å². The number of esters is 1. The van der Waals surface area contributed by atoms with Crippen LogP contribution in [0.1, 0.15) is 9.67 Å². The second-order valence-electron chi connectivity index (χ2n) is 4.71. The molecular weight excluding hydrogens is 388 g/mol. The maximum Gasteiger partial charge on any atom is 0.349 e. The van der Waals surface area contributed by atoms with Gasteiger partial charge in [-0.1, -0.05) is 11.6 Å². The summed E-state index contributed by atoms with van der Waals surface area (Å²) in [5, 5.41) is 5.81. The zero-order valence-corrected chi connectivity index (χ0v) is 15.1. The molecule has 2 aromatic heterocycles. The number of rotatable bonds is 5. The van der Waals surface area contributed by atoms with Gasteiger partial charge in [-0.05, 0) is 29.6 Å². The van der Waals surface area contributed by atoms with Crippen LogP contribution in [0.15, 0.2) is 47.2 Å². The third-order valence-electron chi connectivity index (χ3n) is 3.16. The molecule has 130 valence electrons. The highest BCUT2D eigenvalue weighted by Gasteiger charge is 2.25. The molecule has 0 atom stereocenters. The number of halogens is 1. The third-order valence-corrected chi connectivity index (χ3v) is 5.82. The van der Waals surface area contributed by atoms with Crippen LogP contribution < -0.4 is 4.72 Å². The van der Waals surface area contributed by atoms with Crippen LogP contribution in [-0.2, 0) is 14.8 Å². The number of hydrogen-bond donors (Lipinski definition) is 1. The number of anilines is 1. The molecular formula is C14H11ClN4O4S2. The van der Waals surface area contributed by atoms with Crippen molar-refractivity contribution in [2.75, 3.05) is 11.8 Å². The predicted molar refractivity (Wildman–Crippen MR) is 92.8 cm³/mol. The minimum Gasteiger partial charge on any atom is -0.465 e.